The fourth-order valence-corrected chi connectivity index (χ4v) is 2.87. The Hall–Kier alpha value is -2.51. The van der Waals surface area contributed by atoms with Crippen molar-refractivity contribution in [2.24, 2.45) is 5.73 Å². The van der Waals surface area contributed by atoms with E-state index in [1.807, 2.05) is 12.1 Å². The van der Waals surface area contributed by atoms with Crippen molar-refractivity contribution < 1.29 is 19.1 Å². The molecule has 1 amide bonds. The standard InChI is InChI=1S/C19H21N3O4.2ClH/c20-18(23)17(25-15-4-2-1-3-5-15)19(24)26-16-8-12-22(13-9-16)14-6-10-21-11-7-14;;/h1-7,10-11,16-17H,8-9,12-13H2,(H2,20,23);2*1H. The summed E-state index contributed by atoms with van der Waals surface area (Å²) in [7, 11) is 0. The van der Waals surface area contributed by atoms with Crippen LogP contribution in [0.4, 0.5) is 5.69 Å². The Bertz CT molecular complexity index is 741. The molecule has 0 bridgehead atoms. The number of nitrogens with zero attached hydrogens (tertiary/aromatic N) is 2. The van der Waals surface area contributed by atoms with Crippen LogP contribution in [0, 0.1) is 0 Å². The van der Waals surface area contributed by atoms with Gasteiger partial charge in [-0.05, 0) is 24.3 Å². The summed E-state index contributed by atoms with van der Waals surface area (Å²) in [5, 5.41) is 0. The highest BCUT2D eigenvalue weighted by atomic mass is 35.5. The lowest BCUT2D eigenvalue weighted by Crippen LogP contribution is -2.45. The molecule has 2 aromatic rings. The molecule has 1 aromatic carbocycles. The van der Waals surface area contributed by atoms with E-state index in [4.69, 9.17) is 15.2 Å². The number of piperidine rings is 1. The Labute approximate surface area is 176 Å². The maximum Gasteiger partial charge on any atom is 0.357 e. The predicted molar refractivity (Wildman–Crippen MR) is 110 cm³/mol. The van der Waals surface area contributed by atoms with Crippen molar-refractivity contribution in [3.63, 3.8) is 0 Å². The fourth-order valence-electron chi connectivity index (χ4n) is 2.87. The third-order valence-corrected chi connectivity index (χ3v) is 4.22. The van der Waals surface area contributed by atoms with E-state index in [9.17, 15) is 9.59 Å². The number of esters is 1. The second kappa shape index (κ2) is 11.4. The summed E-state index contributed by atoms with van der Waals surface area (Å²) >= 11 is 0. The molecule has 0 radical (unpaired) electrons. The van der Waals surface area contributed by atoms with Crippen molar-refractivity contribution in [1.82, 2.24) is 4.98 Å². The van der Waals surface area contributed by atoms with Crippen LogP contribution < -0.4 is 15.4 Å². The highest BCUT2D eigenvalue weighted by molar-refractivity contribution is 6.00. The number of carbonyl (C=O) groups excluding carboxylic acids is 2. The van der Waals surface area contributed by atoms with Gasteiger partial charge in [-0.2, -0.15) is 0 Å². The van der Waals surface area contributed by atoms with Crippen molar-refractivity contribution in [1.29, 1.82) is 0 Å². The number of hydrogen-bond donors (Lipinski definition) is 1. The molecule has 9 heteroatoms. The number of anilines is 1. The molecule has 0 saturated carbocycles. The van der Waals surface area contributed by atoms with Crippen LogP contribution >= 0.6 is 24.8 Å². The Balaban J connectivity index is 0.00000196. The molecule has 3 rings (SSSR count). The molecule has 1 aliphatic heterocycles. The minimum atomic E-state index is -1.45. The predicted octanol–water partition coefficient (Wildman–Crippen LogP) is 2.37. The first-order chi connectivity index (χ1) is 12.6. The van der Waals surface area contributed by atoms with Gasteiger partial charge in [-0.15, -0.1) is 24.8 Å². The van der Waals surface area contributed by atoms with Gasteiger partial charge in [-0.25, -0.2) is 4.79 Å². The van der Waals surface area contributed by atoms with Gasteiger partial charge in [0.25, 0.3) is 12.0 Å². The maximum absolute atomic E-state index is 12.3. The summed E-state index contributed by atoms with van der Waals surface area (Å²) in [5.41, 5.74) is 6.40. The van der Waals surface area contributed by atoms with Crippen molar-refractivity contribution in [2.45, 2.75) is 25.0 Å². The fraction of sp³-hybridized carbons (Fsp3) is 0.316. The third kappa shape index (κ3) is 6.28. The molecule has 152 valence electrons. The zero-order chi connectivity index (χ0) is 18.4. The number of carbonyl (C=O) groups is 2. The minimum absolute atomic E-state index is 0. The van der Waals surface area contributed by atoms with E-state index >= 15 is 0 Å². The van der Waals surface area contributed by atoms with Crippen LogP contribution in [0.15, 0.2) is 54.9 Å². The summed E-state index contributed by atoms with van der Waals surface area (Å²) < 4.78 is 10.9. The second-order valence-electron chi connectivity index (χ2n) is 6.04. The Morgan fingerprint density at radius 1 is 1.04 bits per heavy atom. The van der Waals surface area contributed by atoms with E-state index in [2.05, 4.69) is 9.88 Å². The highest BCUT2D eigenvalue weighted by Crippen LogP contribution is 2.21. The summed E-state index contributed by atoms with van der Waals surface area (Å²) in [5.74, 6) is -1.22. The molecule has 1 saturated heterocycles. The first-order valence-corrected chi connectivity index (χ1v) is 8.50. The average Bonchev–Trinajstić information content (AvgIpc) is 2.68. The average molecular weight is 428 g/mol. The molecule has 1 aliphatic rings. The van der Waals surface area contributed by atoms with Crippen LogP contribution in [0.5, 0.6) is 5.75 Å². The lowest BCUT2D eigenvalue weighted by molar-refractivity contribution is -0.161. The largest absolute Gasteiger partial charge is 0.469 e. The number of pyridine rings is 1. The number of aromatic nitrogens is 1. The molecule has 0 aliphatic carbocycles. The topological polar surface area (TPSA) is 94.8 Å². The Kier molecular flexibility index (Phi) is 9.55. The van der Waals surface area contributed by atoms with E-state index in [1.165, 1.54) is 0 Å². The molecule has 1 aromatic heterocycles. The minimum Gasteiger partial charge on any atom is -0.469 e. The zero-order valence-corrected chi connectivity index (χ0v) is 16.7. The van der Waals surface area contributed by atoms with Crippen molar-refractivity contribution in [2.75, 3.05) is 18.0 Å². The first kappa shape index (κ1) is 23.5. The maximum atomic E-state index is 12.3. The van der Waals surface area contributed by atoms with Crippen molar-refractivity contribution >= 4 is 42.4 Å². The zero-order valence-electron chi connectivity index (χ0n) is 15.1. The number of primary amides is 1. The summed E-state index contributed by atoms with van der Waals surface area (Å²) in [6, 6.07) is 12.5. The van der Waals surface area contributed by atoms with E-state index in [0.717, 1.165) is 18.8 Å². The molecule has 1 fully saturated rings. The first-order valence-electron chi connectivity index (χ1n) is 8.50. The van der Waals surface area contributed by atoms with Crippen molar-refractivity contribution in [3.8, 4) is 5.75 Å². The van der Waals surface area contributed by atoms with Gasteiger partial charge in [0.2, 0.25) is 0 Å². The van der Waals surface area contributed by atoms with Crippen LogP contribution in [-0.4, -0.2) is 42.2 Å². The van der Waals surface area contributed by atoms with Crippen LogP contribution in [0.3, 0.4) is 0 Å². The number of nitrogens with two attached hydrogens (primary N) is 1. The third-order valence-electron chi connectivity index (χ3n) is 4.22. The molecule has 1 unspecified atom stereocenters. The number of halogens is 2. The molecule has 7 nitrogen and oxygen atoms in total. The summed E-state index contributed by atoms with van der Waals surface area (Å²) in [6.45, 7) is 1.51. The van der Waals surface area contributed by atoms with Gasteiger partial charge in [-0.1, -0.05) is 18.2 Å². The number of para-hydroxylation sites is 1. The van der Waals surface area contributed by atoms with Gasteiger partial charge < -0.3 is 20.1 Å². The van der Waals surface area contributed by atoms with Gasteiger partial charge in [0.1, 0.15) is 11.9 Å². The van der Waals surface area contributed by atoms with Crippen LogP contribution in [0.1, 0.15) is 12.8 Å². The van der Waals surface area contributed by atoms with E-state index in [1.54, 1.807) is 42.7 Å². The number of amides is 1. The lowest BCUT2D eigenvalue weighted by atomic mass is 10.1. The molecule has 0 spiro atoms. The normalized spacial score (nSPS) is 14.8. The molecule has 2 heterocycles. The number of rotatable bonds is 6. The monoisotopic (exact) mass is 427 g/mol. The van der Waals surface area contributed by atoms with Gasteiger partial charge in [0, 0.05) is 44.0 Å². The molecule has 1 atom stereocenters. The van der Waals surface area contributed by atoms with E-state index < -0.39 is 18.0 Å². The molecule has 28 heavy (non-hydrogen) atoms. The second-order valence-corrected chi connectivity index (χ2v) is 6.04. The summed E-state index contributed by atoms with van der Waals surface area (Å²) in [6.07, 6.45) is 3.13. The molecular weight excluding hydrogens is 405 g/mol. The highest BCUT2D eigenvalue weighted by Gasteiger charge is 2.32. The quantitative estimate of drug-likeness (QED) is 0.561. The van der Waals surface area contributed by atoms with E-state index in [-0.39, 0.29) is 30.9 Å². The van der Waals surface area contributed by atoms with Crippen LogP contribution in [-0.2, 0) is 14.3 Å². The Morgan fingerprint density at radius 3 is 2.21 bits per heavy atom. The molecular formula is C19H23Cl2N3O4. The SMILES string of the molecule is Cl.Cl.NC(=O)C(Oc1ccccc1)C(=O)OC1CCN(c2ccncc2)CC1. The van der Waals surface area contributed by atoms with Gasteiger partial charge in [-0.3, -0.25) is 9.78 Å². The Morgan fingerprint density at radius 2 is 1.64 bits per heavy atom. The summed E-state index contributed by atoms with van der Waals surface area (Å²) in [4.78, 5) is 30.2. The van der Waals surface area contributed by atoms with Gasteiger partial charge in [0.15, 0.2) is 0 Å². The van der Waals surface area contributed by atoms with Crippen LogP contribution in [0.2, 0.25) is 0 Å². The van der Waals surface area contributed by atoms with Crippen molar-refractivity contribution in [3.05, 3.63) is 54.9 Å². The number of ether oxygens (including phenoxy) is 2. The number of hydrogen-bond acceptors (Lipinski definition) is 6. The van der Waals surface area contributed by atoms with Gasteiger partial charge in [0.05, 0.1) is 0 Å². The van der Waals surface area contributed by atoms with Gasteiger partial charge >= 0.3 is 5.97 Å². The number of benzene rings is 1. The molecule has 2 N–H and O–H groups in total. The van der Waals surface area contributed by atoms with Crippen LogP contribution in [0.25, 0.3) is 0 Å². The smallest absolute Gasteiger partial charge is 0.357 e. The lowest BCUT2D eigenvalue weighted by Gasteiger charge is -2.33. The van der Waals surface area contributed by atoms with E-state index in [0.29, 0.717) is 18.6 Å².